The molecule has 1 saturated heterocycles. The molecular weight excluding hydrogens is 472 g/mol. The van der Waals surface area contributed by atoms with Crippen LogP contribution in [0.3, 0.4) is 0 Å². The Labute approximate surface area is 212 Å². The van der Waals surface area contributed by atoms with Gasteiger partial charge >= 0.3 is 0 Å². The van der Waals surface area contributed by atoms with Crippen LogP contribution in [0.1, 0.15) is 18.4 Å². The Balaban J connectivity index is 1.51. The molecule has 0 saturated carbocycles. The van der Waals surface area contributed by atoms with Crippen LogP contribution in [0.15, 0.2) is 65.8 Å². The van der Waals surface area contributed by atoms with E-state index >= 15 is 0 Å². The van der Waals surface area contributed by atoms with E-state index in [1.165, 1.54) is 9.55 Å². The summed E-state index contributed by atoms with van der Waals surface area (Å²) in [6.45, 7) is 3.53. The second-order valence-corrected chi connectivity index (χ2v) is 11.8. The molecule has 188 valence electrons. The molecule has 0 radical (unpaired) electrons. The van der Waals surface area contributed by atoms with E-state index in [-0.39, 0.29) is 6.10 Å². The average molecular weight is 505 g/mol. The molecule has 1 fully saturated rings. The van der Waals surface area contributed by atoms with Gasteiger partial charge in [-0.25, -0.2) is 12.4 Å². The highest BCUT2D eigenvalue weighted by atomic mass is 32.2. The largest absolute Gasteiger partial charge is 0.380 e. The molecule has 4 heterocycles. The highest BCUT2D eigenvalue weighted by Crippen LogP contribution is 2.36. The molecule has 1 unspecified atom stereocenters. The molecule has 2 aliphatic rings. The molecule has 7 nitrogen and oxygen atoms in total. The van der Waals surface area contributed by atoms with Crippen LogP contribution >= 0.6 is 0 Å². The number of likely N-dealkylation sites (N-methyl/N-ethyl adjacent to an activating group) is 1. The quantitative estimate of drug-likeness (QED) is 0.405. The van der Waals surface area contributed by atoms with Crippen LogP contribution in [-0.4, -0.2) is 68.3 Å². The zero-order valence-electron chi connectivity index (χ0n) is 21.0. The Morgan fingerprint density at radius 2 is 1.86 bits per heavy atom. The average Bonchev–Trinajstić information content (AvgIpc) is 3.61. The Bertz CT molecular complexity index is 1600. The van der Waals surface area contributed by atoms with Crippen molar-refractivity contribution in [3.8, 4) is 0 Å². The number of aryl methyl sites for hydroxylation is 1. The monoisotopic (exact) mass is 504 g/mol. The summed E-state index contributed by atoms with van der Waals surface area (Å²) in [6.07, 6.45) is 8.08. The molecule has 2 aromatic heterocycles. The predicted molar refractivity (Wildman–Crippen MR) is 145 cm³/mol. The van der Waals surface area contributed by atoms with Gasteiger partial charge in [0.25, 0.3) is 10.0 Å². The molecule has 4 aromatic rings. The standard InChI is InChI=1S/C28H32N4O3S/c1-29-12-8-20(9-13-29)26-19-32(36(33,34)24-5-7-27-21(16-24)10-14-30(27)2)28-17-22(4-6-25(26)28)31-15-11-23(18-31)35-3/h4-8,10,14,16-17,19,23H,9,11-13,15,18H2,1-3H3. The van der Waals surface area contributed by atoms with Crippen molar-refractivity contribution in [2.24, 2.45) is 7.05 Å². The van der Waals surface area contributed by atoms with Crippen molar-refractivity contribution in [3.05, 3.63) is 66.5 Å². The molecule has 0 amide bonds. The molecule has 1 atom stereocenters. The summed E-state index contributed by atoms with van der Waals surface area (Å²) in [4.78, 5) is 4.85. The maximum atomic E-state index is 14.1. The van der Waals surface area contributed by atoms with Crippen LogP contribution < -0.4 is 4.90 Å². The van der Waals surface area contributed by atoms with Gasteiger partial charge in [0.1, 0.15) is 0 Å². The Hall–Kier alpha value is -3.07. The summed E-state index contributed by atoms with van der Waals surface area (Å²) < 4.78 is 37.2. The third-order valence-electron chi connectivity index (χ3n) is 7.77. The third kappa shape index (κ3) is 3.84. The molecule has 0 aliphatic carbocycles. The minimum Gasteiger partial charge on any atom is -0.380 e. The lowest BCUT2D eigenvalue weighted by Gasteiger charge is -2.22. The van der Waals surface area contributed by atoms with Gasteiger partial charge in [-0.05, 0) is 61.9 Å². The van der Waals surface area contributed by atoms with Gasteiger partial charge in [0.05, 0.1) is 16.5 Å². The van der Waals surface area contributed by atoms with Gasteiger partial charge < -0.3 is 19.1 Å². The van der Waals surface area contributed by atoms with E-state index in [1.54, 1.807) is 19.2 Å². The van der Waals surface area contributed by atoms with Crippen LogP contribution in [0.5, 0.6) is 0 Å². The second-order valence-electron chi connectivity index (χ2n) is 10.0. The minimum absolute atomic E-state index is 0.203. The first-order valence-electron chi connectivity index (χ1n) is 12.5. The van der Waals surface area contributed by atoms with Gasteiger partial charge in [-0.3, -0.25) is 0 Å². The highest BCUT2D eigenvalue weighted by Gasteiger charge is 2.27. The summed E-state index contributed by atoms with van der Waals surface area (Å²) in [5.41, 5.74) is 4.96. The maximum absolute atomic E-state index is 14.1. The maximum Gasteiger partial charge on any atom is 0.268 e. The lowest BCUT2D eigenvalue weighted by atomic mass is 9.99. The van der Waals surface area contributed by atoms with E-state index in [9.17, 15) is 8.42 Å². The van der Waals surface area contributed by atoms with Crippen molar-refractivity contribution in [2.45, 2.75) is 23.8 Å². The Morgan fingerprint density at radius 1 is 1.00 bits per heavy atom. The summed E-state index contributed by atoms with van der Waals surface area (Å²) in [6, 6.07) is 13.6. The Morgan fingerprint density at radius 3 is 2.61 bits per heavy atom. The van der Waals surface area contributed by atoms with Crippen LogP contribution in [0.25, 0.3) is 27.4 Å². The number of benzene rings is 2. The number of nitrogens with zero attached hydrogens (tertiary/aromatic N) is 4. The van der Waals surface area contributed by atoms with Crippen LogP contribution in [0.2, 0.25) is 0 Å². The SMILES string of the molecule is COC1CCN(c2ccc3c(C4=CCN(C)CC4)cn(S(=O)(=O)c4ccc5c(ccn5C)c4)c3c2)C1. The van der Waals surface area contributed by atoms with Crippen LogP contribution in [-0.2, 0) is 21.8 Å². The zero-order chi connectivity index (χ0) is 25.0. The first-order valence-corrected chi connectivity index (χ1v) is 13.9. The van der Waals surface area contributed by atoms with Gasteiger partial charge in [-0.1, -0.05) is 12.1 Å². The highest BCUT2D eigenvalue weighted by molar-refractivity contribution is 7.90. The molecule has 2 aromatic carbocycles. The van der Waals surface area contributed by atoms with Crippen LogP contribution in [0, 0.1) is 0 Å². The number of fused-ring (bicyclic) bond motifs is 2. The normalized spacial score (nSPS) is 19.5. The van der Waals surface area contributed by atoms with E-state index in [2.05, 4.69) is 35.1 Å². The first-order chi connectivity index (χ1) is 17.3. The van der Waals surface area contributed by atoms with Crippen molar-refractivity contribution in [1.29, 1.82) is 0 Å². The van der Waals surface area contributed by atoms with Crippen molar-refractivity contribution >= 4 is 43.1 Å². The summed E-state index contributed by atoms with van der Waals surface area (Å²) in [5, 5.41) is 1.89. The van der Waals surface area contributed by atoms with Crippen molar-refractivity contribution < 1.29 is 13.2 Å². The number of hydrogen-bond donors (Lipinski definition) is 0. The van der Waals surface area contributed by atoms with Crippen LogP contribution in [0.4, 0.5) is 5.69 Å². The molecular formula is C28H32N4O3S. The summed E-state index contributed by atoms with van der Waals surface area (Å²) in [7, 11) is 2.02. The van der Waals surface area contributed by atoms with Gasteiger partial charge in [0.15, 0.2) is 0 Å². The topological polar surface area (TPSA) is 59.7 Å². The lowest BCUT2D eigenvalue weighted by Crippen LogP contribution is -2.23. The first kappa shape index (κ1) is 23.3. The molecule has 0 N–H and O–H groups in total. The fraction of sp³-hybridized carbons (Fsp3) is 0.357. The Kier molecular flexibility index (Phi) is 5.70. The summed E-state index contributed by atoms with van der Waals surface area (Å²) in [5.74, 6) is 0. The van der Waals surface area contributed by atoms with Gasteiger partial charge in [0, 0.05) is 80.3 Å². The van der Waals surface area contributed by atoms with E-state index in [0.717, 1.165) is 72.1 Å². The molecule has 0 spiro atoms. The minimum atomic E-state index is -3.81. The van der Waals surface area contributed by atoms with Gasteiger partial charge in [-0.2, -0.15) is 0 Å². The molecule has 6 rings (SSSR count). The summed E-state index contributed by atoms with van der Waals surface area (Å²) >= 11 is 0. The van der Waals surface area contributed by atoms with E-state index < -0.39 is 10.0 Å². The van der Waals surface area contributed by atoms with E-state index in [1.807, 2.05) is 42.2 Å². The smallest absolute Gasteiger partial charge is 0.268 e. The zero-order valence-corrected chi connectivity index (χ0v) is 21.8. The number of aromatic nitrogens is 2. The number of anilines is 1. The number of hydrogen-bond acceptors (Lipinski definition) is 5. The van der Waals surface area contributed by atoms with E-state index in [0.29, 0.717) is 4.90 Å². The molecule has 2 aliphatic heterocycles. The van der Waals surface area contributed by atoms with Crippen molar-refractivity contribution in [3.63, 3.8) is 0 Å². The van der Waals surface area contributed by atoms with Crippen molar-refractivity contribution in [2.75, 3.05) is 45.2 Å². The predicted octanol–water partition coefficient (Wildman–Crippen LogP) is 4.31. The fourth-order valence-corrected chi connectivity index (χ4v) is 6.94. The van der Waals surface area contributed by atoms with E-state index in [4.69, 9.17) is 4.74 Å². The molecule has 0 bridgehead atoms. The number of methoxy groups -OCH3 is 1. The fourth-order valence-electron chi connectivity index (χ4n) is 5.54. The second kappa shape index (κ2) is 8.80. The third-order valence-corrected chi connectivity index (χ3v) is 9.44. The molecule has 36 heavy (non-hydrogen) atoms. The lowest BCUT2D eigenvalue weighted by molar-refractivity contribution is 0.121. The van der Waals surface area contributed by atoms with Gasteiger partial charge in [0.2, 0.25) is 0 Å². The van der Waals surface area contributed by atoms with Gasteiger partial charge in [-0.15, -0.1) is 0 Å². The molecule has 8 heteroatoms. The number of ether oxygens (including phenoxy) is 1. The van der Waals surface area contributed by atoms with Crippen molar-refractivity contribution in [1.82, 2.24) is 13.4 Å². The number of rotatable bonds is 5.